The van der Waals surface area contributed by atoms with Crippen molar-refractivity contribution in [3.8, 4) is 11.5 Å². The first-order chi connectivity index (χ1) is 8.93. The summed E-state index contributed by atoms with van der Waals surface area (Å²) in [5, 5.41) is 10.2. The van der Waals surface area contributed by atoms with Gasteiger partial charge in [0.1, 0.15) is 13.2 Å². The summed E-state index contributed by atoms with van der Waals surface area (Å²) in [4.78, 5) is 0. The van der Waals surface area contributed by atoms with Crippen LogP contribution in [0, 0.1) is 0 Å². The first kappa shape index (κ1) is 11.1. The van der Waals surface area contributed by atoms with Gasteiger partial charge < -0.3 is 14.8 Å². The van der Waals surface area contributed by atoms with Gasteiger partial charge in [-0.3, -0.25) is 5.10 Å². The average molecular weight is 245 g/mol. The Bertz CT molecular complexity index is 511. The Hall–Kier alpha value is -2.01. The van der Waals surface area contributed by atoms with Crippen molar-refractivity contribution >= 4 is 0 Å². The molecule has 1 aromatic heterocycles. The Morgan fingerprint density at radius 2 is 2.11 bits per heavy atom. The molecule has 1 aliphatic rings. The Balaban J connectivity index is 1.65. The normalized spacial score (nSPS) is 13.6. The topological polar surface area (TPSA) is 59.2 Å². The molecule has 94 valence electrons. The molecule has 0 unspecified atom stereocenters. The third-order valence-electron chi connectivity index (χ3n) is 2.84. The van der Waals surface area contributed by atoms with Crippen LogP contribution in [0.3, 0.4) is 0 Å². The summed E-state index contributed by atoms with van der Waals surface area (Å²) in [7, 11) is 0. The zero-order valence-electron chi connectivity index (χ0n) is 9.98. The highest BCUT2D eigenvalue weighted by Gasteiger charge is 2.14. The van der Waals surface area contributed by atoms with Gasteiger partial charge in [0.15, 0.2) is 11.5 Å². The number of hydrogen-bond donors (Lipinski definition) is 2. The van der Waals surface area contributed by atoms with Gasteiger partial charge in [0.2, 0.25) is 0 Å². The van der Waals surface area contributed by atoms with Crippen LogP contribution in [0.15, 0.2) is 30.5 Å². The van der Waals surface area contributed by atoms with Crippen LogP contribution in [0.4, 0.5) is 0 Å². The van der Waals surface area contributed by atoms with Crippen LogP contribution in [0.5, 0.6) is 11.5 Å². The minimum Gasteiger partial charge on any atom is -0.486 e. The van der Waals surface area contributed by atoms with E-state index in [-0.39, 0.29) is 0 Å². The van der Waals surface area contributed by atoms with E-state index in [1.807, 2.05) is 24.3 Å². The van der Waals surface area contributed by atoms with E-state index in [2.05, 4.69) is 15.5 Å². The lowest BCUT2D eigenvalue weighted by atomic mass is 10.1. The van der Waals surface area contributed by atoms with Crippen LogP contribution in [0.1, 0.15) is 11.3 Å². The van der Waals surface area contributed by atoms with Gasteiger partial charge in [0.25, 0.3) is 0 Å². The fourth-order valence-corrected chi connectivity index (χ4v) is 1.99. The van der Waals surface area contributed by atoms with Crippen LogP contribution in [0.25, 0.3) is 0 Å². The zero-order chi connectivity index (χ0) is 12.2. The molecule has 2 aromatic rings. The van der Waals surface area contributed by atoms with Crippen molar-refractivity contribution in [3.05, 3.63) is 41.7 Å². The summed E-state index contributed by atoms with van der Waals surface area (Å²) < 4.78 is 11.2. The van der Waals surface area contributed by atoms with Crippen molar-refractivity contribution in [2.24, 2.45) is 0 Å². The van der Waals surface area contributed by atoms with Gasteiger partial charge >= 0.3 is 0 Å². The second-order valence-corrected chi connectivity index (χ2v) is 4.13. The van der Waals surface area contributed by atoms with E-state index < -0.39 is 0 Å². The van der Waals surface area contributed by atoms with Gasteiger partial charge in [0, 0.05) is 30.5 Å². The number of hydrogen-bond acceptors (Lipinski definition) is 4. The molecule has 0 fully saturated rings. The highest BCUT2D eigenvalue weighted by atomic mass is 16.6. The van der Waals surface area contributed by atoms with Gasteiger partial charge in [0.05, 0.1) is 0 Å². The highest BCUT2D eigenvalue weighted by molar-refractivity contribution is 5.47. The fraction of sp³-hybridized carbons (Fsp3) is 0.308. The maximum absolute atomic E-state index is 5.66. The molecule has 2 N–H and O–H groups in total. The van der Waals surface area contributed by atoms with E-state index in [1.54, 1.807) is 6.20 Å². The standard InChI is InChI=1S/C13H15N3O2/c1-2-10(8-14-9-11-4-5-15-16-11)13-12(3-1)17-6-7-18-13/h1-5,14H,6-9H2,(H,15,16). The Kier molecular flexibility index (Phi) is 3.14. The summed E-state index contributed by atoms with van der Waals surface area (Å²) in [5.41, 5.74) is 2.18. The van der Waals surface area contributed by atoms with Crippen LogP contribution in [-0.2, 0) is 13.1 Å². The molecule has 0 amide bonds. The monoisotopic (exact) mass is 245 g/mol. The molecule has 1 aromatic carbocycles. The van der Waals surface area contributed by atoms with Crippen molar-refractivity contribution in [3.63, 3.8) is 0 Å². The van der Waals surface area contributed by atoms with Gasteiger partial charge in [-0.1, -0.05) is 12.1 Å². The molecule has 3 rings (SSSR count). The number of nitrogens with zero attached hydrogens (tertiary/aromatic N) is 1. The summed E-state index contributed by atoms with van der Waals surface area (Å²) in [6.45, 7) is 2.73. The number of aromatic nitrogens is 2. The third-order valence-corrected chi connectivity index (χ3v) is 2.84. The lowest BCUT2D eigenvalue weighted by Crippen LogP contribution is -2.19. The summed E-state index contributed by atoms with van der Waals surface area (Å²) in [5.74, 6) is 1.70. The summed E-state index contributed by atoms with van der Waals surface area (Å²) in [6.07, 6.45) is 1.75. The van der Waals surface area contributed by atoms with Crippen molar-refractivity contribution in [2.75, 3.05) is 13.2 Å². The largest absolute Gasteiger partial charge is 0.486 e. The molecule has 0 spiro atoms. The first-order valence-corrected chi connectivity index (χ1v) is 6.00. The molecule has 1 aliphatic heterocycles. The van der Waals surface area contributed by atoms with Crippen LogP contribution >= 0.6 is 0 Å². The molecular weight excluding hydrogens is 230 g/mol. The lowest BCUT2D eigenvalue weighted by Gasteiger charge is -2.21. The van der Waals surface area contributed by atoms with E-state index >= 15 is 0 Å². The van der Waals surface area contributed by atoms with Crippen LogP contribution in [-0.4, -0.2) is 23.4 Å². The number of rotatable bonds is 4. The fourth-order valence-electron chi connectivity index (χ4n) is 1.99. The maximum atomic E-state index is 5.66. The smallest absolute Gasteiger partial charge is 0.165 e. The van der Waals surface area contributed by atoms with E-state index in [0.717, 1.165) is 35.8 Å². The van der Waals surface area contributed by atoms with Crippen LogP contribution < -0.4 is 14.8 Å². The Labute approximate surface area is 105 Å². The molecule has 5 heteroatoms. The van der Waals surface area contributed by atoms with Crippen molar-refractivity contribution in [2.45, 2.75) is 13.1 Å². The van der Waals surface area contributed by atoms with E-state index in [1.165, 1.54) is 0 Å². The lowest BCUT2D eigenvalue weighted by molar-refractivity contribution is 0.169. The van der Waals surface area contributed by atoms with Gasteiger partial charge in [-0.2, -0.15) is 5.10 Å². The quantitative estimate of drug-likeness (QED) is 0.856. The molecule has 0 aliphatic carbocycles. The number of aromatic amines is 1. The number of benzene rings is 1. The molecule has 5 nitrogen and oxygen atoms in total. The number of ether oxygens (including phenoxy) is 2. The Morgan fingerprint density at radius 1 is 1.17 bits per heavy atom. The molecule has 18 heavy (non-hydrogen) atoms. The van der Waals surface area contributed by atoms with Crippen molar-refractivity contribution in [1.82, 2.24) is 15.5 Å². The first-order valence-electron chi connectivity index (χ1n) is 6.00. The minimum absolute atomic E-state index is 0.616. The molecule has 2 heterocycles. The van der Waals surface area contributed by atoms with Crippen molar-refractivity contribution in [1.29, 1.82) is 0 Å². The highest BCUT2D eigenvalue weighted by Crippen LogP contribution is 2.33. The third kappa shape index (κ3) is 2.31. The SMILES string of the molecule is c1cc(CNCc2ccn[nH]2)c2c(c1)OCCO2. The zero-order valence-corrected chi connectivity index (χ0v) is 9.98. The number of para-hydroxylation sites is 1. The number of nitrogens with one attached hydrogen (secondary N) is 2. The molecule has 0 atom stereocenters. The van der Waals surface area contributed by atoms with Gasteiger partial charge in [-0.25, -0.2) is 0 Å². The maximum Gasteiger partial charge on any atom is 0.165 e. The number of H-pyrrole nitrogens is 1. The minimum atomic E-state index is 0.616. The van der Waals surface area contributed by atoms with E-state index in [0.29, 0.717) is 13.2 Å². The molecule has 0 saturated carbocycles. The molecule has 0 saturated heterocycles. The summed E-state index contributed by atoms with van der Waals surface area (Å²) >= 11 is 0. The Morgan fingerprint density at radius 3 is 3.00 bits per heavy atom. The second kappa shape index (κ2) is 5.10. The van der Waals surface area contributed by atoms with Crippen molar-refractivity contribution < 1.29 is 9.47 Å². The second-order valence-electron chi connectivity index (χ2n) is 4.13. The summed E-state index contributed by atoms with van der Waals surface area (Å²) in [6, 6.07) is 7.92. The predicted octanol–water partition coefficient (Wildman–Crippen LogP) is 1.47. The number of fused-ring (bicyclic) bond motifs is 1. The van der Waals surface area contributed by atoms with Gasteiger partial charge in [-0.05, 0) is 12.1 Å². The molecular formula is C13H15N3O2. The predicted molar refractivity (Wildman–Crippen MR) is 66.6 cm³/mol. The van der Waals surface area contributed by atoms with E-state index in [9.17, 15) is 0 Å². The average Bonchev–Trinajstić information content (AvgIpc) is 2.92. The molecule has 0 bridgehead atoms. The molecule has 0 radical (unpaired) electrons. The van der Waals surface area contributed by atoms with Gasteiger partial charge in [-0.15, -0.1) is 0 Å². The van der Waals surface area contributed by atoms with Crippen LogP contribution in [0.2, 0.25) is 0 Å². The van der Waals surface area contributed by atoms with E-state index in [4.69, 9.17) is 9.47 Å².